The number of benzene rings is 3. The predicted molar refractivity (Wildman–Crippen MR) is 117 cm³/mol. The van der Waals surface area contributed by atoms with Crippen LogP contribution in [0.15, 0.2) is 66.7 Å². The summed E-state index contributed by atoms with van der Waals surface area (Å²) in [5.41, 5.74) is 1.46. The van der Waals surface area contributed by atoms with E-state index in [4.69, 9.17) is 14.2 Å². The zero-order valence-corrected chi connectivity index (χ0v) is 16.7. The van der Waals surface area contributed by atoms with Gasteiger partial charge in [-0.25, -0.2) is 9.78 Å². The number of pyridine rings is 1. The van der Waals surface area contributed by atoms with Crippen molar-refractivity contribution in [3.05, 3.63) is 88.1 Å². The largest absolute Gasteiger partial charge is 0.456 e. The standard InChI is InChI=1S/C24H16N2O6/c27-24(10-9-15-11-22-23(32-14-31-22)12-21(15)26(28)29)30-13-20-18-7-2-1-5-16(18)17-6-3-4-8-19(17)25-20/h1-12H,13-14H2. The Morgan fingerprint density at radius 2 is 1.72 bits per heavy atom. The van der Waals surface area contributed by atoms with Crippen LogP contribution < -0.4 is 9.47 Å². The third-order valence-corrected chi connectivity index (χ3v) is 5.16. The molecule has 158 valence electrons. The molecule has 0 saturated heterocycles. The number of nitro groups is 1. The lowest BCUT2D eigenvalue weighted by atomic mass is 10.0. The first kappa shape index (κ1) is 19.5. The summed E-state index contributed by atoms with van der Waals surface area (Å²) < 4.78 is 15.8. The van der Waals surface area contributed by atoms with E-state index in [-0.39, 0.29) is 24.7 Å². The molecule has 5 rings (SSSR count). The number of carbonyl (C=O) groups excluding carboxylic acids is 1. The summed E-state index contributed by atoms with van der Waals surface area (Å²) in [6.07, 6.45) is 2.47. The average Bonchev–Trinajstić information content (AvgIpc) is 3.28. The molecule has 0 amide bonds. The van der Waals surface area contributed by atoms with Crippen LogP contribution in [-0.2, 0) is 16.1 Å². The Balaban J connectivity index is 1.38. The fourth-order valence-electron chi connectivity index (χ4n) is 3.67. The number of carbonyl (C=O) groups is 1. The van der Waals surface area contributed by atoms with Crippen molar-refractivity contribution in [3.8, 4) is 11.5 Å². The average molecular weight is 428 g/mol. The first-order valence-corrected chi connectivity index (χ1v) is 9.79. The van der Waals surface area contributed by atoms with Crippen LogP contribution in [0.1, 0.15) is 11.3 Å². The Morgan fingerprint density at radius 1 is 1.03 bits per heavy atom. The Hall–Kier alpha value is -4.46. The second-order valence-corrected chi connectivity index (χ2v) is 7.08. The van der Waals surface area contributed by atoms with Gasteiger partial charge in [-0.1, -0.05) is 42.5 Å². The van der Waals surface area contributed by atoms with Gasteiger partial charge in [-0.2, -0.15) is 0 Å². The Kier molecular flexibility index (Phi) is 4.87. The number of hydrogen-bond donors (Lipinski definition) is 0. The summed E-state index contributed by atoms with van der Waals surface area (Å²) in [6, 6.07) is 18.3. The highest BCUT2D eigenvalue weighted by Crippen LogP contribution is 2.38. The third kappa shape index (κ3) is 3.58. The fourth-order valence-corrected chi connectivity index (χ4v) is 3.67. The van der Waals surface area contributed by atoms with E-state index in [0.29, 0.717) is 17.2 Å². The molecule has 8 heteroatoms. The predicted octanol–water partition coefficient (Wildman–Crippen LogP) is 4.78. The molecule has 0 N–H and O–H groups in total. The SMILES string of the molecule is O=C(C=Cc1cc2c(cc1[N+](=O)[O-])OCO2)OCc1nc2ccccc2c2ccccc12. The number of para-hydroxylation sites is 1. The van der Waals surface area contributed by atoms with E-state index < -0.39 is 10.9 Å². The van der Waals surface area contributed by atoms with Crippen molar-refractivity contribution in [2.24, 2.45) is 0 Å². The molecule has 0 atom stereocenters. The molecule has 0 bridgehead atoms. The van der Waals surface area contributed by atoms with Gasteiger partial charge in [0, 0.05) is 16.8 Å². The zero-order valence-electron chi connectivity index (χ0n) is 16.7. The molecule has 0 radical (unpaired) electrons. The summed E-state index contributed by atoms with van der Waals surface area (Å²) in [5.74, 6) is 0.0390. The van der Waals surface area contributed by atoms with Crippen molar-refractivity contribution < 1.29 is 23.9 Å². The monoisotopic (exact) mass is 428 g/mol. The summed E-state index contributed by atoms with van der Waals surface area (Å²) in [6.45, 7) is -0.0356. The second-order valence-electron chi connectivity index (χ2n) is 7.08. The van der Waals surface area contributed by atoms with E-state index in [1.807, 2.05) is 48.5 Å². The molecule has 3 aromatic carbocycles. The lowest BCUT2D eigenvalue weighted by Gasteiger charge is -2.09. The van der Waals surface area contributed by atoms with E-state index in [1.165, 1.54) is 18.2 Å². The minimum atomic E-state index is -0.643. The van der Waals surface area contributed by atoms with Crippen LogP contribution in [0.25, 0.3) is 27.8 Å². The molecule has 0 unspecified atom stereocenters. The molecule has 2 heterocycles. The van der Waals surface area contributed by atoms with E-state index in [0.717, 1.165) is 27.8 Å². The third-order valence-electron chi connectivity index (χ3n) is 5.16. The molecule has 1 aliphatic rings. The molecule has 1 aromatic heterocycles. The molecule has 0 saturated carbocycles. The Bertz CT molecular complexity index is 1410. The molecule has 8 nitrogen and oxygen atoms in total. The van der Waals surface area contributed by atoms with Crippen molar-refractivity contribution >= 4 is 39.4 Å². The number of aromatic nitrogens is 1. The van der Waals surface area contributed by atoms with Gasteiger partial charge in [-0.15, -0.1) is 0 Å². The number of hydrogen-bond acceptors (Lipinski definition) is 7. The number of rotatable bonds is 5. The molecule has 32 heavy (non-hydrogen) atoms. The van der Waals surface area contributed by atoms with Crippen LogP contribution in [0.3, 0.4) is 0 Å². The van der Waals surface area contributed by atoms with Crippen LogP contribution in [0, 0.1) is 10.1 Å². The minimum absolute atomic E-state index is 0.00554. The van der Waals surface area contributed by atoms with Crippen LogP contribution >= 0.6 is 0 Å². The maximum atomic E-state index is 12.3. The van der Waals surface area contributed by atoms with Crippen molar-refractivity contribution in [1.29, 1.82) is 0 Å². The second kappa shape index (κ2) is 7.99. The molecular formula is C24H16N2O6. The van der Waals surface area contributed by atoms with Gasteiger partial charge in [-0.05, 0) is 23.6 Å². The van der Waals surface area contributed by atoms with Gasteiger partial charge in [0.25, 0.3) is 5.69 Å². The summed E-state index contributed by atoms with van der Waals surface area (Å²) >= 11 is 0. The number of nitrogens with zero attached hydrogens (tertiary/aromatic N) is 2. The van der Waals surface area contributed by atoms with Crippen molar-refractivity contribution in [3.63, 3.8) is 0 Å². The zero-order chi connectivity index (χ0) is 22.1. The molecule has 0 spiro atoms. The topological polar surface area (TPSA) is 101 Å². The Labute approximate surface area is 181 Å². The van der Waals surface area contributed by atoms with E-state index in [2.05, 4.69) is 4.98 Å². The van der Waals surface area contributed by atoms with Gasteiger partial charge in [0.2, 0.25) is 6.79 Å². The van der Waals surface area contributed by atoms with E-state index in [1.54, 1.807) is 0 Å². The highest BCUT2D eigenvalue weighted by Gasteiger charge is 2.22. The van der Waals surface area contributed by atoms with Crippen molar-refractivity contribution in [1.82, 2.24) is 4.98 Å². The van der Waals surface area contributed by atoms with Crippen LogP contribution in [0.2, 0.25) is 0 Å². The van der Waals surface area contributed by atoms with Gasteiger partial charge in [0.15, 0.2) is 11.5 Å². The first-order chi connectivity index (χ1) is 15.6. The van der Waals surface area contributed by atoms with Gasteiger partial charge in [0.1, 0.15) is 6.61 Å². The molecule has 4 aromatic rings. The lowest BCUT2D eigenvalue weighted by Crippen LogP contribution is -2.03. The van der Waals surface area contributed by atoms with Crippen molar-refractivity contribution in [2.75, 3.05) is 6.79 Å². The normalized spacial score (nSPS) is 12.5. The maximum Gasteiger partial charge on any atom is 0.331 e. The Morgan fingerprint density at radius 3 is 2.50 bits per heavy atom. The highest BCUT2D eigenvalue weighted by atomic mass is 16.7. The molecule has 0 aliphatic carbocycles. The molecule has 0 fully saturated rings. The quantitative estimate of drug-likeness (QED) is 0.148. The minimum Gasteiger partial charge on any atom is -0.456 e. The van der Waals surface area contributed by atoms with Gasteiger partial charge in [-0.3, -0.25) is 10.1 Å². The summed E-state index contributed by atoms with van der Waals surface area (Å²) in [5, 5.41) is 14.3. The maximum absolute atomic E-state index is 12.3. The number of ether oxygens (including phenoxy) is 3. The molecule has 1 aliphatic heterocycles. The van der Waals surface area contributed by atoms with Gasteiger partial charge < -0.3 is 14.2 Å². The van der Waals surface area contributed by atoms with Crippen LogP contribution in [-0.4, -0.2) is 22.7 Å². The van der Waals surface area contributed by atoms with Gasteiger partial charge >= 0.3 is 5.97 Å². The highest BCUT2D eigenvalue weighted by molar-refractivity contribution is 6.06. The smallest absolute Gasteiger partial charge is 0.331 e. The fraction of sp³-hybridized carbons (Fsp3) is 0.0833. The van der Waals surface area contributed by atoms with Gasteiger partial charge in [0.05, 0.1) is 27.8 Å². The lowest BCUT2D eigenvalue weighted by molar-refractivity contribution is -0.385. The van der Waals surface area contributed by atoms with Crippen molar-refractivity contribution in [2.45, 2.75) is 6.61 Å². The number of fused-ring (bicyclic) bond motifs is 4. The van der Waals surface area contributed by atoms with E-state index >= 15 is 0 Å². The summed E-state index contributed by atoms with van der Waals surface area (Å²) in [4.78, 5) is 27.8. The number of esters is 1. The van der Waals surface area contributed by atoms with E-state index in [9.17, 15) is 14.9 Å². The number of nitro benzene ring substituents is 1. The van der Waals surface area contributed by atoms with Crippen LogP contribution in [0.5, 0.6) is 11.5 Å². The first-order valence-electron chi connectivity index (χ1n) is 9.79. The van der Waals surface area contributed by atoms with Crippen LogP contribution in [0.4, 0.5) is 5.69 Å². The molecular weight excluding hydrogens is 412 g/mol. The summed E-state index contributed by atoms with van der Waals surface area (Å²) in [7, 11) is 0.